The lowest BCUT2D eigenvalue weighted by Gasteiger charge is -2.14. The monoisotopic (exact) mass is 310 g/mol. The van der Waals surface area contributed by atoms with Gasteiger partial charge in [0.05, 0.1) is 5.70 Å². The Hall–Kier alpha value is -2.09. The van der Waals surface area contributed by atoms with Gasteiger partial charge in [0, 0.05) is 6.21 Å². The standard InChI is InChI=1S/C21H30N2/c1-7-17(6)14-19(9-3)15-22-23-21(16(4)5)20-12-10-18(8-2)11-13-20/h7-8,10-13,15,17,19,23H,1-2,9,14H2,3-6H3/b22-15-. The van der Waals surface area contributed by atoms with Gasteiger partial charge in [-0.15, -0.1) is 6.58 Å². The van der Waals surface area contributed by atoms with E-state index in [1.165, 1.54) is 5.57 Å². The summed E-state index contributed by atoms with van der Waals surface area (Å²) in [6, 6.07) is 8.33. The maximum atomic E-state index is 4.48. The predicted molar refractivity (Wildman–Crippen MR) is 104 cm³/mol. The van der Waals surface area contributed by atoms with Gasteiger partial charge in [-0.1, -0.05) is 62.4 Å². The lowest BCUT2D eigenvalue weighted by Crippen LogP contribution is -2.11. The van der Waals surface area contributed by atoms with Gasteiger partial charge >= 0.3 is 0 Å². The summed E-state index contributed by atoms with van der Waals surface area (Å²) in [5.74, 6) is 0.984. The van der Waals surface area contributed by atoms with Gasteiger partial charge in [-0.05, 0) is 49.7 Å². The summed E-state index contributed by atoms with van der Waals surface area (Å²) in [5.41, 5.74) is 7.75. The number of nitrogens with one attached hydrogen (secondary N) is 1. The van der Waals surface area contributed by atoms with Crippen LogP contribution in [-0.2, 0) is 0 Å². The third-order valence-corrected chi connectivity index (χ3v) is 4.00. The van der Waals surface area contributed by atoms with Crippen molar-refractivity contribution in [2.45, 2.75) is 40.5 Å². The second-order valence-corrected chi connectivity index (χ2v) is 6.21. The van der Waals surface area contributed by atoms with Gasteiger partial charge < -0.3 is 0 Å². The highest BCUT2D eigenvalue weighted by Gasteiger charge is 2.07. The van der Waals surface area contributed by atoms with Crippen molar-refractivity contribution < 1.29 is 0 Å². The molecule has 1 N–H and O–H groups in total. The van der Waals surface area contributed by atoms with E-state index in [1.54, 1.807) is 0 Å². The van der Waals surface area contributed by atoms with Crippen LogP contribution in [0.3, 0.4) is 0 Å². The summed E-state index contributed by atoms with van der Waals surface area (Å²) in [6.45, 7) is 16.2. The van der Waals surface area contributed by atoms with Crippen LogP contribution in [0.15, 0.2) is 54.2 Å². The van der Waals surface area contributed by atoms with Crippen molar-refractivity contribution in [3.63, 3.8) is 0 Å². The first kappa shape index (κ1) is 19.0. The molecule has 2 heteroatoms. The Morgan fingerprint density at radius 2 is 1.87 bits per heavy atom. The van der Waals surface area contributed by atoms with Crippen LogP contribution >= 0.6 is 0 Å². The summed E-state index contributed by atoms with van der Waals surface area (Å²) in [7, 11) is 0. The van der Waals surface area contributed by atoms with Crippen LogP contribution in [0.1, 0.15) is 51.7 Å². The van der Waals surface area contributed by atoms with Crippen LogP contribution in [0.25, 0.3) is 11.8 Å². The molecule has 0 amide bonds. The van der Waals surface area contributed by atoms with Gasteiger partial charge in [0.1, 0.15) is 0 Å². The number of hydrazone groups is 1. The lowest BCUT2D eigenvalue weighted by molar-refractivity contribution is 0.527. The summed E-state index contributed by atoms with van der Waals surface area (Å²) in [4.78, 5) is 0. The molecule has 0 radical (unpaired) electrons. The zero-order valence-electron chi connectivity index (χ0n) is 15.0. The Kier molecular flexibility index (Phi) is 8.10. The Morgan fingerprint density at radius 1 is 1.22 bits per heavy atom. The third kappa shape index (κ3) is 6.27. The molecule has 0 heterocycles. The number of rotatable bonds is 9. The largest absolute Gasteiger partial charge is 0.278 e. The topological polar surface area (TPSA) is 24.4 Å². The average Bonchev–Trinajstić information content (AvgIpc) is 2.57. The van der Waals surface area contributed by atoms with Gasteiger partial charge in [-0.3, -0.25) is 5.43 Å². The van der Waals surface area contributed by atoms with Gasteiger partial charge in [0.2, 0.25) is 0 Å². The van der Waals surface area contributed by atoms with Gasteiger partial charge in [0.15, 0.2) is 0 Å². The van der Waals surface area contributed by atoms with Crippen LogP contribution in [-0.4, -0.2) is 6.21 Å². The van der Waals surface area contributed by atoms with Crippen molar-refractivity contribution in [1.82, 2.24) is 5.43 Å². The molecule has 1 aromatic rings. The van der Waals surface area contributed by atoms with Crippen LogP contribution in [0.4, 0.5) is 0 Å². The number of hydrogen-bond donors (Lipinski definition) is 1. The Balaban J connectivity index is 2.80. The maximum absolute atomic E-state index is 4.48. The van der Waals surface area contributed by atoms with Crippen LogP contribution in [0, 0.1) is 11.8 Å². The molecule has 0 aromatic heterocycles. The van der Waals surface area contributed by atoms with E-state index in [2.05, 4.69) is 75.6 Å². The summed E-state index contributed by atoms with van der Waals surface area (Å²) < 4.78 is 0. The van der Waals surface area contributed by atoms with Crippen LogP contribution < -0.4 is 5.43 Å². The second-order valence-electron chi connectivity index (χ2n) is 6.21. The van der Waals surface area contributed by atoms with Crippen LogP contribution in [0.5, 0.6) is 0 Å². The molecule has 23 heavy (non-hydrogen) atoms. The number of benzene rings is 1. The van der Waals surface area contributed by atoms with Crippen molar-refractivity contribution in [2.75, 3.05) is 0 Å². The average molecular weight is 310 g/mol. The van der Waals surface area contributed by atoms with Crippen molar-refractivity contribution >= 4 is 18.0 Å². The first-order chi connectivity index (χ1) is 11.0. The molecule has 124 valence electrons. The SMILES string of the molecule is C=Cc1ccc(C(N/N=C\C(CC)CC(C)C=C)=C(C)C)cc1. The molecule has 2 unspecified atom stereocenters. The molecular weight excluding hydrogens is 280 g/mol. The molecule has 0 fully saturated rings. The summed E-state index contributed by atoms with van der Waals surface area (Å²) in [5, 5.41) is 4.48. The Bertz CT molecular complexity index is 560. The highest BCUT2D eigenvalue weighted by atomic mass is 15.3. The maximum Gasteiger partial charge on any atom is 0.0620 e. The molecule has 0 aliphatic rings. The Labute approximate surface area is 141 Å². The first-order valence-electron chi connectivity index (χ1n) is 8.33. The van der Waals surface area contributed by atoms with Crippen LogP contribution in [0.2, 0.25) is 0 Å². The van der Waals surface area contributed by atoms with E-state index < -0.39 is 0 Å². The second kappa shape index (κ2) is 9.83. The fourth-order valence-electron chi connectivity index (χ4n) is 2.36. The van der Waals surface area contributed by atoms with E-state index in [9.17, 15) is 0 Å². The molecule has 0 bridgehead atoms. The fourth-order valence-corrected chi connectivity index (χ4v) is 2.36. The molecule has 0 saturated carbocycles. The highest BCUT2D eigenvalue weighted by Crippen LogP contribution is 2.18. The van der Waals surface area contributed by atoms with E-state index in [-0.39, 0.29) is 0 Å². The zero-order chi connectivity index (χ0) is 17.2. The Morgan fingerprint density at radius 3 is 2.35 bits per heavy atom. The summed E-state index contributed by atoms with van der Waals surface area (Å²) >= 11 is 0. The van der Waals surface area contributed by atoms with Gasteiger partial charge in [-0.25, -0.2) is 0 Å². The predicted octanol–water partition coefficient (Wildman–Crippen LogP) is 5.89. The molecule has 1 rings (SSSR count). The number of hydrogen-bond acceptors (Lipinski definition) is 2. The van der Waals surface area contributed by atoms with Gasteiger partial charge in [0.25, 0.3) is 0 Å². The van der Waals surface area contributed by atoms with E-state index in [0.29, 0.717) is 11.8 Å². The lowest BCUT2D eigenvalue weighted by atomic mass is 9.95. The normalized spacial score (nSPS) is 13.4. The van der Waals surface area contributed by atoms with Gasteiger partial charge in [-0.2, -0.15) is 5.10 Å². The highest BCUT2D eigenvalue weighted by molar-refractivity contribution is 5.69. The quantitative estimate of drug-likeness (QED) is 0.343. The zero-order valence-corrected chi connectivity index (χ0v) is 15.0. The molecule has 0 aliphatic heterocycles. The molecule has 0 saturated heterocycles. The third-order valence-electron chi connectivity index (χ3n) is 4.00. The number of allylic oxidation sites excluding steroid dienone is 2. The van der Waals surface area contributed by atoms with E-state index in [1.807, 2.05) is 18.4 Å². The molecule has 1 aromatic carbocycles. The fraction of sp³-hybridized carbons (Fsp3) is 0.381. The van der Waals surface area contributed by atoms with E-state index in [0.717, 1.165) is 29.7 Å². The smallest absolute Gasteiger partial charge is 0.0620 e. The molecule has 0 spiro atoms. The van der Waals surface area contributed by atoms with E-state index >= 15 is 0 Å². The van der Waals surface area contributed by atoms with Crippen molar-refractivity contribution in [3.05, 3.63) is 60.2 Å². The van der Waals surface area contributed by atoms with Crippen molar-refractivity contribution in [3.8, 4) is 0 Å². The first-order valence-corrected chi connectivity index (χ1v) is 8.33. The number of nitrogens with zero attached hydrogens (tertiary/aromatic N) is 1. The molecule has 0 aliphatic carbocycles. The minimum absolute atomic E-state index is 0.469. The van der Waals surface area contributed by atoms with Crippen molar-refractivity contribution in [1.29, 1.82) is 0 Å². The minimum Gasteiger partial charge on any atom is -0.278 e. The van der Waals surface area contributed by atoms with Crippen molar-refractivity contribution in [2.24, 2.45) is 16.9 Å². The molecule has 2 nitrogen and oxygen atoms in total. The van der Waals surface area contributed by atoms with E-state index in [4.69, 9.17) is 0 Å². The summed E-state index contributed by atoms with van der Waals surface area (Å²) in [6.07, 6.45) is 8.06. The minimum atomic E-state index is 0.469. The molecule has 2 atom stereocenters. The molecular formula is C21H30N2.